The van der Waals surface area contributed by atoms with E-state index in [0.29, 0.717) is 56.9 Å². The van der Waals surface area contributed by atoms with Gasteiger partial charge in [0, 0.05) is 24.4 Å². The second kappa shape index (κ2) is 15.6. The maximum atomic E-state index is 12.6. The van der Waals surface area contributed by atoms with Crippen LogP contribution in [0.25, 0.3) is 5.57 Å². The van der Waals surface area contributed by atoms with Crippen LogP contribution in [0.5, 0.6) is 0 Å². The number of nitrogens with one attached hydrogen (secondary N) is 6. The third-order valence-electron chi connectivity index (χ3n) is 5.58. The van der Waals surface area contributed by atoms with Crippen molar-refractivity contribution >= 4 is 99.0 Å². The SMILES string of the molecule is Nc1ncc(/C(=C/CNC(=O)c2cc(Br)c(Br)[nH]2)c2nc(N)[nH]c2CCCNC(=O)c2cc(Br)c(Br)[nH]2)[nH]1.O=C(O)C(F)(F)F. The predicted molar refractivity (Wildman–Crippen MR) is 172 cm³/mol. The first-order valence-electron chi connectivity index (χ1n) is 12.4. The molecule has 45 heavy (non-hydrogen) atoms. The number of hydrogen-bond donors (Lipinski definition) is 9. The number of carbonyl (C=O) groups is 3. The van der Waals surface area contributed by atoms with Crippen LogP contribution in [0.1, 0.15) is 44.5 Å². The van der Waals surface area contributed by atoms with Gasteiger partial charge in [0.1, 0.15) is 11.4 Å². The minimum Gasteiger partial charge on any atom is -0.475 e. The standard InChI is InChI=1S/C22H22Br4N10O2.C2HF3O2/c23-10-6-13(32-17(10)25)19(37)29-4-1-2-12-16(36-22(28)34-12)9(15-8-31-21(27)35-15)3-5-30-20(38)14-7-11(24)18(26)33-14;3-2(4,5)1(6)7/h3,6-8,32-33H,1-2,4-5H2,(H,29,37)(H,30,38)(H3,27,31,35)(H3,28,34,36);(H,6,7)/b9-3-;. The van der Waals surface area contributed by atoms with E-state index in [0.717, 1.165) is 14.6 Å². The molecule has 0 radical (unpaired) electrons. The zero-order chi connectivity index (χ0) is 33.5. The molecule has 21 heteroatoms. The summed E-state index contributed by atoms with van der Waals surface area (Å²) in [5.41, 5.74) is 15.3. The van der Waals surface area contributed by atoms with Gasteiger partial charge in [0.15, 0.2) is 11.9 Å². The van der Waals surface area contributed by atoms with E-state index in [2.05, 4.69) is 104 Å². The number of carbonyl (C=O) groups excluding carboxylic acids is 2. The molecular weight excluding hydrogens is 869 g/mol. The van der Waals surface area contributed by atoms with E-state index in [-0.39, 0.29) is 30.3 Å². The Morgan fingerprint density at radius 1 is 0.889 bits per heavy atom. The zero-order valence-electron chi connectivity index (χ0n) is 22.5. The molecule has 4 aromatic rings. The number of carboxylic acid groups (broad SMARTS) is 1. The van der Waals surface area contributed by atoms with Crippen molar-refractivity contribution in [3.8, 4) is 0 Å². The first kappa shape index (κ1) is 35.9. The van der Waals surface area contributed by atoms with Crippen LogP contribution in [-0.4, -0.2) is 72.1 Å². The summed E-state index contributed by atoms with van der Waals surface area (Å²) >= 11 is 13.4. The van der Waals surface area contributed by atoms with E-state index in [9.17, 15) is 22.8 Å². The van der Waals surface area contributed by atoms with E-state index in [1.165, 1.54) is 0 Å². The molecule has 14 nitrogen and oxygen atoms in total. The highest BCUT2D eigenvalue weighted by molar-refractivity contribution is 9.13. The quantitative estimate of drug-likeness (QED) is 0.0995. The normalized spacial score (nSPS) is 11.6. The van der Waals surface area contributed by atoms with Gasteiger partial charge in [-0.25, -0.2) is 14.8 Å². The molecule has 4 aromatic heterocycles. The van der Waals surface area contributed by atoms with Gasteiger partial charge in [-0.2, -0.15) is 13.2 Å². The molecule has 0 aliphatic rings. The molecule has 2 amide bonds. The van der Waals surface area contributed by atoms with E-state index >= 15 is 0 Å². The molecule has 0 bridgehead atoms. The van der Waals surface area contributed by atoms with Gasteiger partial charge < -0.3 is 47.1 Å². The molecule has 0 aliphatic heterocycles. The summed E-state index contributed by atoms with van der Waals surface area (Å²) in [6.07, 6.45) is -0.520. The third kappa shape index (κ3) is 10.2. The lowest BCUT2D eigenvalue weighted by Gasteiger charge is -2.08. The average Bonchev–Trinajstić information content (AvgIpc) is 3.72. The minimum atomic E-state index is -5.08. The van der Waals surface area contributed by atoms with Crippen LogP contribution in [0.2, 0.25) is 0 Å². The molecule has 4 rings (SSSR count). The number of nitrogen functional groups attached to an aromatic ring is 2. The number of aryl methyl sites for hydroxylation is 1. The maximum Gasteiger partial charge on any atom is 0.490 e. The fourth-order valence-electron chi connectivity index (χ4n) is 3.60. The molecule has 0 unspecified atom stereocenters. The molecule has 11 N–H and O–H groups in total. The number of nitrogens with zero attached hydrogens (tertiary/aromatic N) is 2. The number of halogens is 7. The Balaban J connectivity index is 0.000000707. The van der Waals surface area contributed by atoms with Gasteiger partial charge in [-0.1, -0.05) is 6.08 Å². The molecule has 0 fully saturated rings. The summed E-state index contributed by atoms with van der Waals surface area (Å²) in [6, 6.07) is 3.38. The van der Waals surface area contributed by atoms with Gasteiger partial charge >= 0.3 is 12.1 Å². The Hall–Kier alpha value is -3.56. The van der Waals surface area contributed by atoms with Gasteiger partial charge in [-0.15, -0.1) is 0 Å². The van der Waals surface area contributed by atoms with E-state index in [4.69, 9.17) is 21.4 Å². The van der Waals surface area contributed by atoms with Crippen molar-refractivity contribution in [1.29, 1.82) is 0 Å². The molecule has 0 aliphatic carbocycles. The smallest absolute Gasteiger partial charge is 0.475 e. The van der Waals surface area contributed by atoms with Crippen molar-refractivity contribution in [3.05, 3.63) is 71.0 Å². The summed E-state index contributed by atoms with van der Waals surface area (Å²) in [4.78, 5) is 54.4. The highest BCUT2D eigenvalue weighted by Gasteiger charge is 2.38. The van der Waals surface area contributed by atoms with Crippen LogP contribution >= 0.6 is 63.7 Å². The monoisotopic (exact) mass is 888 g/mol. The average molecular weight is 892 g/mol. The number of amides is 2. The highest BCUT2D eigenvalue weighted by Crippen LogP contribution is 2.27. The number of rotatable bonds is 10. The van der Waals surface area contributed by atoms with Crippen molar-refractivity contribution in [2.24, 2.45) is 0 Å². The van der Waals surface area contributed by atoms with Crippen molar-refractivity contribution in [1.82, 2.24) is 40.5 Å². The fourth-order valence-corrected chi connectivity index (χ4v) is 4.91. The maximum absolute atomic E-state index is 12.6. The molecule has 0 spiro atoms. The minimum absolute atomic E-state index is 0.199. The summed E-state index contributed by atoms with van der Waals surface area (Å²) in [7, 11) is 0. The second-order valence-corrected chi connectivity index (χ2v) is 12.1. The fraction of sp³-hybridized carbons (Fsp3) is 0.208. The van der Waals surface area contributed by atoms with Crippen LogP contribution in [0.3, 0.4) is 0 Å². The van der Waals surface area contributed by atoms with Crippen LogP contribution in [-0.2, 0) is 11.2 Å². The second-order valence-electron chi connectivity index (χ2n) is 8.81. The number of anilines is 2. The molecule has 4 heterocycles. The Kier molecular flexibility index (Phi) is 12.5. The van der Waals surface area contributed by atoms with Crippen LogP contribution < -0.4 is 22.1 Å². The molecular formula is C24H23Br4F3N10O4. The number of aromatic nitrogens is 6. The van der Waals surface area contributed by atoms with E-state index < -0.39 is 12.1 Å². The van der Waals surface area contributed by atoms with Gasteiger partial charge in [-0.05, 0) is 88.7 Å². The Morgan fingerprint density at radius 3 is 1.91 bits per heavy atom. The highest BCUT2D eigenvalue weighted by atomic mass is 79.9. The van der Waals surface area contributed by atoms with Crippen molar-refractivity contribution in [2.75, 3.05) is 24.6 Å². The lowest BCUT2D eigenvalue weighted by atomic mass is 10.0. The number of H-pyrrole nitrogens is 4. The Morgan fingerprint density at radius 2 is 1.44 bits per heavy atom. The summed E-state index contributed by atoms with van der Waals surface area (Å²) < 4.78 is 34.6. The van der Waals surface area contributed by atoms with Gasteiger partial charge in [-0.3, -0.25) is 9.59 Å². The summed E-state index contributed by atoms with van der Waals surface area (Å²) in [5, 5.41) is 12.9. The van der Waals surface area contributed by atoms with E-state index in [1.807, 2.05) is 0 Å². The van der Waals surface area contributed by atoms with Gasteiger partial charge in [0.25, 0.3) is 11.8 Å². The lowest BCUT2D eigenvalue weighted by molar-refractivity contribution is -0.192. The number of aromatic amines is 4. The largest absolute Gasteiger partial charge is 0.490 e. The number of hydrogen-bond acceptors (Lipinski definition) is 7. The van der Waals surface area contributed by atoms with Crippen LogP contribution in [0.4, 0.5) is 25.1 Å². The van der Waals surface area contributed by atoms with Gasteiger partial charge in [0.2, 0.25) is 0 Å². The number of nitrogens with two attached hydrogens (primary N) is 2. The lowest BCUT2D eigenvalue weighted by Crippen LogP contribution is -2.25. The van der Waals surface area contributed by atoms with Crippen molar-refractivity contribution < 1.29 is 32.7 Å². The predicted octanol–water partition coefficient (Wildman–Crippen LogP) is 4.86. The topological polar surface area (TPSA) is 236 Å². The van der Waals surface area contributed by atoms with E-state index in [1.54, 1.807) is 24.4 Å². The number of aliphatic carboxylic acids is 1. The first-order valence-corrected chi connectivity index (χ1v) is 15.5. The first-order chi connectivity index (χ1) is 21.1. The van der Waals surface area contributed by atoms with Crippen molar-refractivity contribution in [3.63, 3.8) is 0 Å². The van der Waals surface area contributed by atoms with Crippen molar-refractivity contribution in [2.45, 2.75) is 19.0 Å². The molecule has 0 aromatic carbocycles. The molecule has 0 saturated carbocycles. The summed E-state index contributed by atoms with van der Waals surface area (Å²) in [5.74, 6) is -2.77. The Bertz CT molecular complexity index is 1670. The summed E-state index contributed by atoms with van der Waals surface area (Å²) in [6.45, 7) is 0.629. The van der Waals surface area contributed by atoms with Gasteiger partial charge in [0.05, 0.1) is 35.7 Å². The molecule has 0 atom stereocenters. The van der Waals surface area contributed by atoms with Crippen LogP contribution in [0.15, 0.2) is 42.6 Å². The number of imidazole rings is 2. The zero-order valence-corrected chi connectivity index (χ0v) is 28.8. The molecule has 242 valence electrons. The number of carboxylic acids is 1. The van der Waals surface area contributed by atoms with Crippen LogP contribution in [0, 0.1) is 0 Å². The third-order valence-corrected chi connectivity index (χ3v) is 9.14. The number of alkyl halides is 3. The Labute approximate surface area is 285 Å². The molecule has 0 saturated heterocycles.